The number of rotatable bonds is 3. The maximum Gasteiger partial charge on any atom is 0.323 e. The minimum atomic E-state index is -0.192. The molecule has 1 atom stereocenters. The van der Waals surface area contributed by atoms with E-state index in [1.54, 1.807) is 0 Å². The molecule has 0 aromatic heterocycles. The average molecular weight is 297 g/mol. The van der Waals surface area contributed by atoms with Crippen LogP contribution in [0.1, 0.15) is 39.0 Å². The molecule has 1 saturated carbocycles. The molecule has 0 amide bonds. The summed E-state index contributed by atoms with van der Waals surface area (Å²) in [5, 5.41) is 0. The summed E-state index contributed by atoms with van der Waals surface area (Å²) in [5.74, 6) is -0.124. The van der Waals surface area contributed by atoms with Crippen LogP contribution in [0.5, 0.6) is 0 Å². The number of hydrogen-bond acceptors (Lipinski definition) is 3. The van der Waals surface area contributed by atoms with Crippen LogP contribution in [0.2, 0.25) is 0 Å². The second-order valence-corrected chi connectivity index (χ2v) is 4.15. The van der Waals surface area contributed by atoms with Gasteiger partial charge in [-0.1, -0.05) is 6.42 Å². The van der Waals surface area contributed by atoms with Crippen molar-refractivity contribution < 1.29 is 9.53 Å². The Morgan fingerprint density at radius 2 is 2.08 bits per heavy atom. The van der Waals surface area contributed by atoms with E-state index in [1.807, 2.05) is 29.8 Å². The first-order valence-corrected chi connectivity index (χ1v) is 5.88. The largest absolute Gasteiger partial charge is 0.461 e. The molecule has 13 heavy (non-hydrogen) atoms. The number of esters is 1. The Kier molecular flexibility index (Phi) is 5.01. The van der Waals surface area contributed by atoms with E-state index in [-0.39, 0.29) is 18.1 Å². The molecule has 0 saturated heterocycles. The molecule has 0 aliphatic heterocycles. The van der Waals surface area contributed by atoms with E-state index >= 15 is 0 Å². The van der Waals surface area contributed by atoms with Crippen molar-refractivity contribution in [1.82, 2.24) is 3.53 Å². The van der Waals surface area contributed by atoms with E-state index in [4.69, 9.17) is 4.74 Å². The highest BCUT2D eigenvalue weighted by Crippen LogP contribution is 2.20. The van der Waals surface area contributed by atoms with Gasteiger partial charge in [-0.3, -0.25) is 4.79 Å². The molecule has 0 bridgehead atoms. The summed E-state index contributed by atoms with van der Waals surface area (Å²) in [6.07, 6.45) is 5.94. The molecule has 4 heteroatoms. The predicted molar refractivity (Wildman–Crippen MR) is 59.6 cm³/mol. The van der Waals surface area contributed by atoms with Crippen molar-refractivity contribution in [3.05, 3.63) is 0 Å². The zero-order valence-corrected chi connectivity index (χ0v) is 10.0. The lowest BCUT2D eigenvalue weighted by Crippen LogP contribution is -2.33. The Morgan fingerprint density at radius 3 is 2.62 bits per heavy atom. The minimum Gasteiger partial charge on any atom is -0.461 e. The summed E-state index contributed by atoms with van der Waals surface area (Å²) < 4.78 is 8.19. The van der Waals surface area contributed by atoms with Gasteiger partial charge in [0.05, 0.1) is 0 Å². The van der Waals surface area contributed by atoms with Crippen molar-refractivity contribution in [2.24, 2.45) is 0 Å². The molecule has 3 nitrogen and oxygen atoms in total. The maximum atomic E-state index is 11.4. The quantitative estimate of drug-likeness (QED) is 0.493. The predicted octanol–water partition coefficient (Wildman–Crippen LogP) is 2.19. The SMILES string of the molecule is C[C@H](NI)C(=O)OC1CCCCC1. The smallest absolute Gasteiger partial charge is 0.323 e. The van der Waals surface area contributed by atoms with Crippen LogP contribution in [0.15, 0.2) is 0 Å². The van der Waals surface area contributed by atoms with Gasteiger partial charge in [-0.25, -0.2) is 3.53 Å². The molecule has 1 rings (SSSR count). The third-order valence-corrected chi connectivity index (χ3v) is 3.29. The van der Waals surface area contributed by atoms with Crippen molar-refractivity contribution in [3.8, 4) is 0 Å². The third kappa shape index (κ3) is 3.81. The number of hydrogen-bond donors (Lipinski definition) is 1. The number of carbonyl (C=O) groups is 1. The van der Waals surface area contributed by atoms with Gasteiger partial charge >= 0.3 is 5.97 Å². The Balaban J connectivity index is 2.26. The highest BCUT2D eigenvalue weighted by atomic mass is 127. The van der Waals surface area contributed by atoms with Crippen molar-refractivity contribution in [2.75, 3.05) is 0 Å². The highest BCUT2D eigenvalue weighted by molar-refractivity contribution is 14.1. The summed E-state index contributed by atoms with van der Waals surface area (Å²) in [4.78, 5) is 11.4. The summed E-state index contributed by atoms with van der Waals surface area (Å²) in [6, 6.07) is -0.192. The Morgan fingerprint density at radius 1 is 1.46 bits per heavy atom. The second kappa shape index (κ2) is 5.80. The molecule has 1 fully saturated rings. The fourth-order valence-corrected chi connectivity index (χ4v) is 1.75. The minimum absolute atomic E-state index is 0.124. The first-order valence-electron chi connectivity index (χ1n) is 4.80. The van der Waals surface area contributed by atoms with E-state index in [0.717, 1.165) is 12.8 Å². The summed E-state index contributed by atoms with van der Waals surface area (Å²) in [5.41, 5.74) is 0. The number of halogens is 1. The standard InChI is InChI=1S/C9H16INO2/c1-7(11-10)9(12)13-8-5-3-2-4-6-8/h7-8,11H,2-6H2,1H3/t7-/m0/s1. The molecule has 1 N–H and O–H groups in total. The topological polar surface area (TPSA) is 38.3 Å². The molecule has 0 spiro atoms. The lowest BCUT2D eigenvalue weighted by atomic mass is 9.98. The van der Waals surface area contributed by atoms with Crippen LogP contribution in [0.25, 0.3) is 0 Å². The van der Waals surface area contributed by atoms with Crippen LogP contribution in [0.4, 0.5) is 0 Å². The second-order valence-electron chi connectivity index (χ2n) is 3.53. The molecular weight excluding hydrogens is 281 g/mol. The van der Waals surface area contributed by atoms with Crippen LogP contribution in [0, 0.1) is 0 Å². The van der Waals surface area contributed by atoms with Crippen molar-refractivity contribution in [3.63, 3.8) is 0 Å². The number of ether oxygens (including phenoxy) is 1. The molecular formula is C9H16INO2. The van der Waals surface area contributed by atoms with Crippen LogP contribution < -0.4 is 3.53 Å². The van der Waals surface area contributed by atoms with Crippen LogP contribution >= 0.6 is 22.9 Å². The Hall–Kier alpha value is 0.160. The lowest BCUT2D eigenvalue weighted by Gasteiger charge is -2.23. The van der Waals surface area contributed by atoms with Gasteiger partial charge in [0.15, 0.2) is 0 Å². The van der Waals surface area contributed by atoms with Crippen molar-refractivity contribution in [2.45, 2.75) is 51.2 Å². The molecule has 1 aliphatic carbocycles. The van der Waals surface area contributed by atoms with E-state index in [0.29, 0.717) is 0 Å². The normalized spacial score (nSPS) is 21.1. The summed E-state index contributed by atoms with van der Waals surface area (Å²) in [7, 11) is 0. The van der Waals surface area contributed by atoms with E-state index in [2.05, 4.69) is 3.53 Å². The maximum absolute atomic E-state index is 11.4. The third-order valence-electron chi connectivity index (χ3n) is 2.35. The summed E-state index contributed by atoms with van der Waals surface area (Å²) in [6.45, 7) is 1.82. The fourth-order valence-electron chi connectivity index (χ4n) is 1.49. The van der Waals surface area contributed by atoms with Gasteiger partial charge in [0.25, 0.3) is 0 Å². The van der Waals surface area contributed by atoms with Gasteiger partial charge in [0, 0.05) is 22.9 Å². The molecule has 0 radical (unpaired) electrons. The van der Waals surface area contributed by atoms with Crippen molar-refractivity contribution >= 4 is 28.8 Å². The molecule has 0 heterocycles. The molecule has 76 valence electrons. The monoisotopic (exact) mass is 297 g/mol. The lowest BCUT2D eigenvalue weighted by molar-refractivity contribution is -0.151. The average Bonchev–Trinajstić information content (AvgIpc) is 2.18. The van der Waals surface area contributed by atoms with Crippen LogP contribution in [-0.2, 0) is 9.53 Å². The van der Waals surface area contributed by atoms with Gasteiger partial charge in [-0.2, -0.15) is 0 Å². The number of nitrogens with one attached hydrogen (secondary N) is 1. The molecule has 0 aromatic rings. The van der Waals surface area contributed by atoms with Crippen LogP contribution in [-0.4, -0.2) is 18.1 Å². The van der Waals surface area contributed by atoms with E-state index in [1.165, 1.54) is 19.3 Å². The summed E-state index contributed by atoms with van der Waals surface area (Å²) >= 11 is 1.97. The fraction of sp³-hybridized carbons (Fsp3) is 0.889. The van der Waals surface area contributed by atoms with E-state index in [9.17, 15) is 4.79 Å². The number of carbonyl (C=O) groups excluding carboxylic acids is 1. The molecule has 1 aliphatic rings. The molecule has 0 aromatic carbocycles. The van der Waals surface area contributed by atoms with Gasteiger partial charge in [-0.05, 0) is 32.6 Å². The van der Waals surface area contributed by atoms with E-state index < -0.39 is 0 Å². The van der Waals surface area contributed by atoms with Gasteiger partial charge in [0.1, 0.15) is 12.1 Å². The molecule has 0 unspecified atom stereocenters. The zero-order valence-electron chi connectivity index (χ0n) is 7.88. The zero-order chi connectivity index (χ0) is 9.68. The highest BCUT2D eigenvalue weighted by Gasteiger charge is 2.20. The first-order chi connectivity index (χ1) is 6.24. The van der Waals surface area contributed by atoms with Crippen molar-refractivity contribution in [1.29, 1.82) is 0 Å². The van der Waals surface area contributed by atoms with Gasteiger partial charge < -0.3 is 4.74 Å². The Labute approximate surface area is 93.1 Å². The van der Waals surface area contributed by atoms with Gasteiger partial charge in [-0.15, -0.1) is 0 Å². The first kappa shape index (κ1) is 11.2. The van der Waals surface area contributed by atoms with Gasteiger partial charge in [0.2, 0.25) is 0 Å². The van der Waals surface area contributed by atoms with Crippen LogP contribution in [0.3, 0.4) is 0 Å². The Bertz CT molecular complexity index is 169.